The predicted octanol–water partition coefficient (Wildman–Crippen LogP) is 25.1. The molecule has 6 heteroatoms. The van der Waals surface area contributed by atoms with Gasteiger partial charge in [-0.2, -0.15) is 0 Å². The Bertz CT molecular complexity index is 1350. The zero-order chi connectivity index (χ0) is 58.5. The van der Waals surface area contributed by atoms with Gasteiger partial charge >= 0.3 is 17.9 Å². The summed E-state index contributed by atoms with van der Waals surface area (Å²) >= 11 is 0. The molecule has 0 aliphatic rings. The van der Waals surface area contributed by atoms with Gasteiger partial charge in [-0.15, -0.1) is 0 Å². The summed E-state index contributed by atoms with van der Waals surface area (Å²) in [4.78, 5) is 38.4. The van der Waals surface area contributed by atoms with Crippen LogP contribution in [0.1, 0.15) is 406 Å². The van der Waals surface area contributed by atoms with Crippen LogP contribution in [0.25, 0.3) is 0 Å². The summed E-state index contributed by atoms with van der Waals surface area (Å²) in [6.45, 7) is 6.68. The number of hydrogen-bond donors (Lipinski definition) is 0. The second kappa shape index (κ2) is 70.1. The van der Waals surface area contributed by atoms with Crippen molar-refractivity contribution in [1.29, 1.82) is 0 Å². The number of carbonyl (C=O) groups excluding carboxylic acids is 3. The highest BCUT2D eigenvalue weighted by Crippen LogP contribution is 2.19. The third-order valence-electron chi connectivity index (χ3n) is 16.6. The Labute approximate surface area is 506 Å². The first-order chi connectivity index (χ1) is 40.0. The minimum atomic E-state index is -0.777. The van der Waals surface area contributed by atoms with Crippen LogP contribution in [0.4, 0.5) is 0 Å². The largest absolute Gasteiger partial charge is 0.462 e. The molecule has 1 unspecified atom stereocenters. The van der Waals surface area contributed by atoms with Crippen molar-refractivity contribution in [3.05, 3.63) is 36.5 Å². The first-order valence-electron chi connectivity index (χ1n) is 36.5. The Kier molecular flexibility index (Phi) is 68.1. The van der Waals surface area contributed by atoms with Crippen LogP contribution in [-0.2, 0) is 28.6 Å². The number of hydrogen-bond acceptors (Lipinski definition) is 6. The lowest BCUT2D eigenvalue weighted by atomic mass is 10.0. The zero-order valence-corrected chi connectivity index (χ0v) is 54.8. The maximum atomic E-state index is 12.9. The molecule has 0 aliphatic heterocycles. The highest BCUT2D eigenvalue weighted by Gasteiger charge is 2.19. The van der Waals surface area contributed by atoms with Crippen LogP contribution >= 0.6 is 0 Å². The summed E-state index contributed by atoms with van der Waals surface area (Å²) in [5.74, 6) is -0.857. The first-order valence-corrected chi connectivity index (χ1v) is 36.5. The van der Waals surface area contributed by atoms with E-state index in [1.807, 2.05) is 0 Å². The highest BCUT2D eigenvalue weighted by atomic mass is 16.6. The molecule has 0 aromatic rings. The van der Waals surface area contributed by atoms with Gasteiger partial charge in [0.1, 0.15) is 13.2 Å². The number of unbranched alkanes of at least 4 members (excludes halogenated alkanes) is 51. The fraction of sp³-hybridized carbons (Fsp3) is 0.880. The molecule has 0 spiro atoms. The molecule has 0 fully saturated rings. The van der Waals surface area contributed by atoms with Gasteiger partial charge in [0.05, 0.1) is 0 Å². The molecule has 0 bridgehead atoms. The van der Waals surface area contributed by atoms with Crippen molar-refractivity contribution in [2.75, 3.05) is 13.2 Å². The fourth-order valence-electron chi connectivity index (χ4n) is 11.1. The SMILES string of the molecule is CCCCCC/C=C\CCCCCCCC(=O)OCC(COC(=O)CCCCCCCCCCCCCCCCCCCCCCCCCCCCCCC)OC(=O)CCCCCCCCCCC/C=C\C/C=C\CCCCCCC. The fourth-order valence-corrected chi connectivity index (χ4v) is 11.1. The van der Waals surface area contributed by atoms with E-state index in [9.17, 15) is 14.4 Å². The number of rotatable bonds is 68. The smallest absolute Gasteiger partial charge is 0.306 e. The van der Waals surface area contributed by atoms with Crippen LogP contribution in [0.5, 0.6) is 0 Å². The van der Waals surface area contributed by atoms with Crippen molar-refractivity contribution in [2.45, 2.75) is 412 Å². The topological polar surface area (TPSA) is 78.9 Å². The predicted molar refractivity (Wildman–Crippen MR) is 353 cm³/mol. The van der Waals surface area contributed by atoms with Gasteiger partial charge in [0.25, 0.3) is 0 Å². The summed E-state index contributed by atoms with van der Waals surface area (Å²) in [6.07, 6.45) is 87.6. The van der Waals surface area contributed by atoms with Gasteiger partial charge in [-0.25, -0.2) is 0 Å². The molecule has 0 aliphatic carbocycles. The van der Waals surface area contributed by atoms with Crippen molar-refractivity contribution in [2.24, 2.45) is 0 Å². The molecule has 0 rings (SSSR count). The second-order valence-electron chi connectivity index (χ2n) is 24.9. The molecule has 6 nitrogen and oxygen atoms in total. The van der Waals surface area contributed by atoms with E-state index in [-0.39, 0.29) is 31.1 Å². The van der Waals surface area contributed by atoms with Crippen molar-refractivity contribution in [3.63, 3.8) is 0 Å². The van der Waals surface area contributed by atoms with Crippen molar-refractivity contribution in [1.82, 2.24) is 0 Å². The summed E-state index contributed by atoms with van der Waals surface area (Å²) in [6, 6.07) is 0. The molecular formula is C75H140O6. The molecule has 0 N–H and O–H groups in total. The van der Waals surface area contributed by atoms with E-state index >= 15 is 0 Å². The van der Waals surface area contributed by atoms with Crippen LogP contribution < -0.4 is 0 Å². The summed E-state index contributed by atoms with van der Waals surface area (Å²) in [5, 5.41) is 0. The molecule has 1 atom stereocenters. The Balaban J connectivity index is 4.18. The van der Waals surface area contributed by atoms with Gasteiger partial charge in [-0.1, -0.05) is 346 Å². The molecular weight excluding hydrogens is 997 g/mol. The number of carbonyl (C=O) groups is 3. The van der Waals surface area contributed by atoms with E-state index in [1.54, 1.807) is 0 Å². The standard InChI is InChI=1S/C75H140O6/c1-4-7-10-13-16-19-22-25-27-29-31-33-34-35-36-37-38-39-40-42-43-45-47-50-53-56-59-62-65-68-74(77)80-71-72(70-79-73(76)67-64-61-58-55-52-49-24-21-18-15-12-9-6-3)81-75(78)69-66-63-60-57-54-51-48-46-44-41-32-30-28-26-23-20-17-14-11-8-5-2/h21,23-24,26,30,32,72H,4-20,22,25,27-29,31,33-71H2,1-3H3/b24-21-,26-23-,32-30-. The Morgan fingerprint density at radius 1 is 0.247 bits per heavy atom. The van der Waals surface area contributed by atoms with Gasteiger partial charge in [0, 0.05) is 19.3 Å². The second-order valence-corrected chi connectivity index (χ2v) is 24.9. The van der Waals surface area contributed by atoms with Gasteiger partial charge in [0.2, 0.25) is 0 Å². The minimum absolute atomic E-state index is 0.0719. The lowest BCUT2D eigenvalue weighted by molar-refractivity contribution is -0.167. The Morgan fingerprint density at radius 3 is 0.704 bits per heavy atom. The van der Waals surface area contributed by atoms with Crippen LogP contribution in [0, 0.1) is 0 Å². The van der Waals surface area contributed by atoms with E-state index in [4.69, 9.17) is 14.2 Å². The zero-order valence-electron chi connectivity index (χ0n) is 54.8. The minimum Gasteiger partial charge on any atom is -0.462 e. The summed E-state index contributed by atoms with van der Waals surface area (Å²) < 4.78 is 17.0. The van der Waals surface area contributed by atoms with Gasteiger partial charge in [-0.3, -0.25) is 14.4 Å². The molecule has 0 aromatic heterocycles. The van der Waals surface area contributed by atoms with E-state index in [0.29, 0.717) is 19.3 Å². The molecule has 0 radical (unpaired) electrons. The quantitative estimate of drug-likeness (QED) is 0.0261. The summed E-state index contributed by atoms with van der Waals surface area (Å²) in [7, 11) is 0. The molecule has 0 heterocycles. The number of allylic oxidation sites excluding steroid dienone is 6. The van der Waals surface area contributed by atoms with Crippen LogP contribution in [0.3, 0.4) is 0 Å². The average molecular weight is 1140 g/mol. The van der Waals surface area contributed by atoms with Crippen LogP contribution in [0.2, 0.25) is 0 Å². The van der Waals surface area contributed by atoms with Crippen LogP contribution in [0.15, 0.2) is 36.5 Å². The van der Waals surface area contributed by atoms with Gasteiger partial charge in [-0.05, 0) is 77.0 Å². The molecule has 0 aromatic carbocycles. The van der Waals surface area contributed by atoms with Crippen LogP contribution in [-0.4, -0.2) is 37.2 Å². The molecule has 476 valence electrons. The molecule has 0 amide bonds. The Hall–Kier alpha value is -2.37. The molecule has 0 saturated heterocycles. The van der Waals surface area contributed by atoms with E-state index in [2.05, 4.69) is 57.2 Å². The van der Waals surface area contributed by atoms with Crippen molar-refractivity contribution >= 4 is 17.9 Å². The monoisotopic (exact) mass is 1140 g/mol. The highest BCUT2D eigenvalue weighted by molar-refractivity contribution is 5.71. The first kappa shape index (κ1) is 78.6. The molecule has 0 saturated carbocycles. The van der Waals surface area contributed by atoms with Gasteiger partial charge < -0.3 is 14.2 Å². The normalized spacial score (nSPS) is 12.2. The summed E-state index contributed by atoms with van der Waals surface area (Å²) in [5.41, 5.74) is 0. The maximum absolute atomic E-state index is 12.9. The van der Waals surface area contributed by atoms with Crippen molar-refractivity contribution in [3.8, 4) is 0 Å². The number of esters is 3. The van der Waals surface area contributed by atoms with E-state index in [0.717, 1.165) is 70.6 Å². The third kappa shape index (κ3) is 68.3. The number of ether oxygens (including phenoxy) is 3. The van der Waals surface area contributed by atoms with E-state index < -0.39 is 6.10 Å². The lowest BCUT2D eigenvalue weighted by Gasteiger charge is -2.18. The lowest BCUT2D eigenvalue weighted by Crippen LogP contribution is -2.30. The average Bonchev–Trinajstić information content (AvgIpc) is 3.46. The third-order valence-corrected chi connectivity index (χ3v) is 16.6. The van der Waals surface area contributed by atoms with Crippen molar-refractivity contribution < 1.29 is 28.6 Å². The maximum Gasteiger partial charge on any atom is 0.306 e. The molecule has 81 heavy (non-hydrogen) atoms. The van der Waals surface area contributed by atoms with E-state index in [1.165, 1.54) is 295 Å². The van der Waals surface area contributed by atoms with Gasteiger partial charge in [0.15, 0.2) is 6.10 Å². The Morgan fingerprint density at radius 2 is 0.444 bits per heavy atom.